The molecule has 33 heavy (non-hydrogen) atoms. The lowest BCUT2D eigenvalue weighted by Crippen LogP contribution is -2.62. The van der Waals surface area contributed by atoms with Gasteiger partial charge in [-0.15, -0.1) is 0 Å². The Bertz CT molecular complexity index is 1260. The van der Waals surface area contributed by atoms with Gasteiger partial charge in [-0.05, 0) is 77.3 Å². The number of nitrogens with one attached hydrogen (secondary N) is 2. The van der Waals surface area contributed by atoms with Crippen molar-refractivity contribution >= 4 is 21.4 Å². The summed E-state index contributed by atoms with van der Waals surface area (Å²) in [6.45, 7) is 10.9. The Balaban J connectivity index is 1.43. The van der Waals surface area contributed by atoms with E-state index in [-0.39, 0.29) is 22.0 Å². The molecule has 8 heteroatoms. The van der Waals surface area contributed by atoms with E-state index in [0.29, 0.717) is 6.54 Å². The number of sulfonamides is 1. The fraction of sp³-hybridized carbons (Fsp3) is 0.440. The molecule has 0 amide bonds. The molecule has 1 aliphatic heterocycles. The molecule has 7 nitrogen and oxygen atoms in total. The summed E-state index contributed by atoms with van der Waals surface area (Å²) in [7, 11) is -3.59. The quantitative estimate of drug-likeness (QED) is 0.538. The maximum Gasteiger partial charge on any atom is 0.240 e. The summed E-state index contributed by atoms with van der Waals surface area (Å²) in [5.41, 5.74) is 3.54. The van der Waals surface area contributed by atoms with Crippen molar-refractivity contribution in [2.75, 3.05) is 0 Å². The van der Waals surface area contributed by atoms with Crippen LogP contribution in [-0.2, 0) is 16.6 Å². The lowest BCUT2D eigenvalue weighted by atomic mass is 9.80. The molecule has 4 rings (SSSR count). The minimum absolute atomic E-state index is 0.110. The molecular weight excluding hydrogens is 434 g/mol. The second kappa shape index (κ2) is 8.66. The van der Waals surface area contributed by atoms with E-state index < -0.39 is 10.0 Å². The summed E-state index contributed by atoms with van der Waals surface area (Å²) >= 11 is 0. The highest BCUT2D eigenvalue weighted by Gasteiger charge is 2.39. The van der Waals surface area contributed by atoms with Crippen molar-refractivity contribution in [3.8, 4) is 0 Å². The van der Waals surface area contributed by atoms with E-state index in [1.54, 1.807) is 18.3 Å². The van der Waals surface area contributed by atoms with Crippen LogP contribution in [0.25, 0.3) is 5.65 Å². The fourth-order valence-electron chi connectivity index (χ4n) is 4.90. The fourth-order valence-corrected chi connectivity index (χ4v) is 6.14. The third-order valence-corrected chi connectivity index (χ3v) is 7.59. The first-order chi connectivity index (χ1) is 15.4. The van der Waals surface area contributed by atoms with E-state index in [2.05, 4.69) is 47.7 Å². The average Bonchev–Trinajstić information content (AvgIpc) is 3.17. The molecular formula is C25H33N5O2S. The summed E-state index contributed by atoms with van der Waals surface area (Å²) in [4.78, 5) is 9.23. The van der Waals surface area contributed by atoms with Gasteiger partial charge in [0, 0.05) is 47.0 Å². The van der Waals surface area contributed by atoms with E-state index in [0.717, 1.165) is 35.3 Å². The van der Waals surface area contributed by atoms with Crippen molar-refractivity contribution in [2.45, 2.75) is 76.0 Å². The van der Waals surface area contributed by atoms with Gasteiger partial charge in [0.25, 0.3) is 0 Å². The molecule has 0 aliphatic carbocycles. The lowest BCUT2D eigenvalue weighted by molar-refractivity contribution is 0.157. The van der Waals surface area contributed by atoms with Crippen molar-refractivity contribution in [3.63, 3.8) is 0 Å². The molecule has 1 fully saturated rings. The third-order valence-electron chi connectivity index (χ3n) is 6.05. The molecule has 0 spiro atoms. The van der Waals surface area contributed by atoms with Crippen LogP contribution in [0.5, 0.6) is 0 Å². The second-order valence-corrected chi connectivity index (χ2v) is 12.0. The summed E-state index contributed by atoms with van der Waals surface area (Å²) in [6.07, 6.45) is 7.17. The lowest BCUT2D eigenvalue weighted by Gasteiger charge is -2.46. The topological polar surface area (TPSA) is 87.9 Å². The van der Waals surface area contributed by atoms with Gasteiger partial charge in [0.1, 0.15) is 5.65 Å². The van der Waals surface area contributed by atoms with E-state index in [9.17, 15) is 8.42 Å². The minimum atomic E-state index is -3.59. The van der Waals surface area contributed by atoms with Crippen LogP contribution in [-0.4, -0.2) is 40.6 Å². The van der Waals surface area contributed by atoms with Crippen molar-refractivity contribution in [2.24, 2.45) is 4.99 Å². The Morgan fingerprint density at radius 2 is 1.79 bits per heavy atom. The van der Waals surface area contributed by atoms with Gasteiger partial charge in [-0.2, -0.15) is 0 Å². The van der Waals surface area contributed by atoms with Gasteiger partial charge in [0.15, 0.2) is 0 Å². The summed E-state index contributed by atoms with van der Waals surface area (Å²) in [5, 5.41) is 3.59. The zero-order valence-corrected chi connectivity index (χ0v) is 20.8. The molecule has 3 heterocycles. The molecule has 0 unspecified atom stereocenters. The van der Waals surface area contributed by atoms with Crippen LogP contribution in [0.4, 0.5) is 0 Å². The molecule has 176 valence electrons. The first kappa shape index (κ1) is 23.6. The number of nitrogens with zero attached hydrogens (tertiary/aromatic N) is 3. The maximum absolute atomic E-state index is 13.0. The van der Waals surface area contributed by atoms with E-state index >= 15 is 0 Å². The van der Waals surface area contributed by atoms with Crippen LogP contribution < -0.4 is 10.0 Å². The highest BCUT2D eigenvalue weighted by Crippen LogP contribution is 2.29. The molecule has 0 saturated carbocycles. The van der Waals surface area contributed by atoms with E-state index in [4.69, 9.17) is 0 Å². The SMILES string of the molecule is CC(=NCc1ccc(S(=O)(=O)NC2CC(C)(C)NC(C)(C)C2)cc1)c1ccc2nccn2c1. The number of pyridine rings is 1. The Morgan fingerprint density at radius 3 is 2.45 bits per heavy atom. The molecule has 1 saturated heterocycles. The van der Waals surface area contributed by atoms with Crippen molar-refractivity contribution in [3.05, 3.63) is 66.1 Å². The van der Waals surface area contributed by atoms with Crippen molar-refractivity contribution in [1.82, 2.24) is 19.4 Å². The van der Waals surface area contributed by atoms with Gasteiger partial charge in [0.05, 0.1) is 11.4 Å². The molecule has 1 aliphatic rings. The highest BCUT2D eigenvalue weighted by atomic mass is 32.2. The van der Waals surface area contributed by atoms with E-state index in [1.807, 2.05) is 48.0 Å². The minimum Gasteiger partial charge on any atom is -0.307 e. The first-order valence-electron chi connectivity index (χ1n) is 11.3. The van der Waals surface area contributed by atoms with Crippen LogP contribution in [0.1, 0.15) is 58.6 Å². The molecule has 2 N–H and O–H groups in total. The number of hydrogen-bond donors (Lipinski definition) is 2. The van der Waals surface area contributed by atoms with Crippen molar-refractivity contribution in [1.29, 1.82) is 0 Å². The van der Waals surface area contributed by atoms with Gasteiger partial charge in [0.2, 0.25) is 10.0 Å². The van der Waals surface area contributed by atoms with E-state index in [1.165, 1.54) is 0 Å². The van der Waals surface area contributed by atoms with Gasteiger partial charge in [-0.1, -0.05) is 12.1 Å². The van der Waals surface area contributed by atoms with Crippen LogP contribution in [0.15, 0.2) is 64.9 Å². The Kier molecular flexibility index (Phi) is 6.20. The number of aliphatic imine (C=N–C) groups is 1. The number of imidazole rings is 1. The smallest absolute Gasteiger partial charge is 0.240 e. The highest BCUT2D eigenvalue weighted by molar-refractivity contribution is 7.89. The average molecular weight is 468 g/mol. The molecule has 0 atom stereocenters. The van der Waals surface area contributed by atoms with Crippen molar-refractivity contribution < 1.29 is 8.42 Å². The number of hydrogen-bond acceptors (Lipinski definition) is 5. The Labute approximate surface area is 196 Å². The largest absolute Gasteiger partial charge is 0.307 e. The molecule has 2 aromatic heterocycles. The van der Waals surface area contributed by atoms with Crippen LogP contribution in [0, 0.1) is 0 Å². The zero-order chi connectivity index (χ0) is 23.9. The molecule has 1 aromatic carbocycles. The van der Waals surface area contributed by atoms with Crippen LogP contribution in [0.2, 0.25) is 0 Å². The summed E-state index contributed by atoms with van der Waals surface area (Å²) < 4.78 is 30.9. The van der Waals surface area contributed by atoms with Crippen LogP contribution in [0.3, 0.4) is 0 Å². The number of rotatable bonds is 6. The molecule has 0 radical (unpaired) electrons. The van der Waals surface area contributed by atoms with Gasteiger partial charge in [-0.25, -0.2) is 18.1 Å². The third kappa shape index (κ3) is 5.69. The van der Waals surface area contributed by atoms with Gasteiger partial charge < -0.3 is 9.72 Å². The first-order valence-corrected chi connectivity index (χ1v) is 12.8. The second-order valence-electron chi connectivity index (χ2n) is 10.3. The molecule has 0 bridgehead atoms. The Hall–Kier alpha value is -2.55. The predicted octanol–water partition coefficient (Wildman–Crippen LogP) is 3.93. The predicted molar refractivity (Wildman–Crippen MR) is 132 cm³/mol. The number of aromatic nitrogens is 2. The monoisotopic (exact) mass is 467 g/mol. The Morgan fingerprint density at radius 1 is 1.12 bits per heavy atom. The standard InChI is InChI=1S/C25H33N5O2S/c1-18(20-8-11-23-26-12-13-30(23)17-20)27-16-19-6-9-22(10-7-19)33(31,32)28-21-14-24(2,3)29-25(4,5)15-21/h6-13,17,21,28-29H,14-16H2,1-5H3. The van der Waals surface area contributed by atoms with Crippen LogP contribution >= 0.6 is 0 Å². The number of piperidine rings is 1. The maximum atomic E-state index is 13.0. The van der Waals surface area contributed by atoms with Gasteiger partial charge >= 0.3 is 0 Å². The normalized spacial score (nSPS) is 19.1. The number of fused-ring (bicyclic) bond motifs is 1. The number of benzene rings is 1. The summed E-state index contributed by atoms with van der Waals surface area (Å²) in [6, 6.07) is 10.9. The molecule has 3 aromatic rings. The zero-order valence-electron chi connectivity index (χ0n) is 20.0. The summed E-state index contributed by atoms with van der Waals surface area (Å²) in [5.74, 6) is 0. The van der Waals surface area contributed by atoms with Gasteiger partial charge in [-0.3, -0.25) is 4.99 Å².